The molecule has 3 N–H and O–H groups in total. The minimum atomic E-state index is -1.15. The van der Waals surface area contributed by atoms with Crippen LogP contribution in [0.3, 0.4) is 0 Å². The van der Waals surface area contributed by atoms with Gasteiger partial charge in [-0.15, -0.1) is 0 Å². The third-order valence-corrected chi connectivity index (χ3v) is 6.79. The Morgan fingerprint density at radius 3 is 2.50 bits per heavy atom. The van der Waals surface area contributed by atoms with Gasteiger partial charge in [0.25, 0.3) is 0 Å². The summed E-state index contributed by atoms with van der Waals surface area (Å²) >= 11 is 0. The van der Waals surface area contributed by atoms with E-state index in [1.54, 1.807) is 45.0 Å². The number of carbonyl (C=O) groups excluding carboxylic acids is 2. The summed E-state index contributed by atoms with van der Waals surface area (Å²) in [5, 5.41) is 12.6. The molecule has 2 amide bonds. The summed E-state index contributed by atoms with van der Waals surface area (Å²) in [5.74, 6) is -1.65. The largest absolute Gasteiger partial charge is 0.480 e. The van der Waals surface area contributed by atoms with E-state index >= 15 is 0 Å². The van der Waals surface area contributed by atoms with Crippen LogP contribution in [0.5, 0.6) is 0 Å². The smallest absolute Gasteiger partial charge is 0.408 e. The topological polar surface area (TPSA) is 134 Å². The molecule has 0 bridgehead atoms. The number of H-pyrrole nitrogens is 1. The number of carboxylic acids is 1. The zero-order valence-corrected chi connectivity index (χ0v) is 19.7. The van der Waals surface area contributed by atoms with Crippen LogP contribution in [0.25, 0.3) is 11.0 Å². The number of nitrogens with one attached hydrogen (secondary N) is 2. The van der Waals surface area contributed by atoms with Gasteiger partial charge in [0.2, 0.25) is 5.91 Å². The number of benzene rings is 1. The van der Waals surface area contributed by atoms with E-state index < -0.39 is 41.5 Å². The molecule has 2 aromatic rings. The maximum Gasteiger partial charge on any atom is 0.408 e. The fourth-order valence-electron chi connectivity index (χ4n) is 5.04. The Morgan fingerprint density at radius 1 is 1.18 bits per heavy atom. The average Bonchev–Trinajstić information content (AvgIpc) is 3.48. The molecule has 34 heavy (non-hydrogen) atoms. The molecule has 3 atom stereocenters. The number of hydrogen-bond donors (Lipinski definition) is 3. The van der Waals surface area contributed by atoms with Gasteiger partial charge in [0.15, 0.2) is 0 Å². The lowest BCUT2D eigenvalue weighted by Gasteiger charge is -2.34. The first-order valence-corrected chi connectivity index (χ1v) is 11.8. The molecule has 1 aromatic carbocycles. The number of aromatic amines is 1. The Hall–Kier alpha value is -3.30. The Labute approximate surface area is 197 Å². The van der Waals surface area contributed by atoms with Crippen molar-refractivity contribution < 1.29 is 24.2 Å². The van der Waals surface area contributed by atoms with Crippen LogP contribution in [0, 0.1) is 5.41 Å². The lowest BCUT2D eigenvalue weighted by molar-refractivity contribution is -0.150. The van der Waals surface area contributed by atoms with Gasteiger partial charge in [-0.3, -0.25) is 9.36 Å². The van der Waals surface area contributed by atoms with Crippen LogP contribution >= 0.6 is 0 Å². The standard InChI is InChI=1S/C24H32N4O6/c1-24(2,3)19(26-23(33)34-15-8-4-5-9-15)20(29)27-13-14(12-18(27)21(30)31)28-17-11-7-6-10-16(17)25-22(28)32/h6-7,10-11,14-15,18-19H,4-5,8-9,12-13H2,1-3H3,(H,25,32)(H,26,33)(H,30,31)/t14-,18?,19-/m1/s1. The molecule has 0 spiro atoms. The number of rotatable bonds is 5. The molecular weight excluding hydrogens is 440 g/mol. The number of hydrogen-bond acceptors (Lipinski definition) is 5. The van der Waals surface area contributed by atoms with Gasteiger partial charge in [-0.25, -0.2) is 14.4 Å². The zero-order valence-electron chi connectivity index (χ0n) is 19.7. The Morgan fingerprint density at radius 2 is 1.85 bits per heavy atom. The molecular formula is C24H32N4O6. The van der Waals surface area contributed by atoms with Crippen LogP contribution in [-0.2, 0) is 14.3 Å². The number of imidazole rings is 1. The predicted molar refractivity (Wildman–Crippen MR) is 124 cm³/mol. The highest BCUT2D eigenvalue weighted by Crippen LogP contribution is 2.32. The summed E-state index contributed by atoms with van der Waals surface area (Å²) in [5.41, 5.74) is 0.259. The van der Waals surface area contributed by atoms with Gasteiger partial charge >= 0.3 is 17.8 Å². The molecule has 1 aromatic heterocycles. The highest BCUT2D eigenvalue weighted by Gasteiger charge is 2.46. The van der Waals surface area contributed by atoms with Gasteiger partial charge in [-0.05, 0) is 43.2 Å². The predicted octanol–water partition coefficient (Wildman–Crippen LogP) is 2.64. The maximum absolute atomic E-state index is 13.6. The molecule has 0 radical (unpaired) electrons. The molecule has 1 saturated heterocycles. The molecule has 1 aliphatic heterocycles. The third-order valence-electron chi connectivity index (χ3n) is 6.79. The average molecular weight is 473 g/mol. The molecule has 184 valence electrons. The normalized spacial score (nSPS) is 22.1. The van der Waals surface area contributed by atoms with E-state index in [4.69, 9.17) is 4.74 Å². The minimum Gasteiger partial charge on any atom is -0.480 e. The van der Waals surface area contributed by atoms with Crippen molar-refractivity contribution in [3.05, 3.63) is 34.7 Å². The monoisotopic (exact) mass is 472 g/mol. The summed E-state index contributed by atoms with van der Waals surface area (Å²) in [6.45, 7) is 5.46. The van der Waals surface area contributed by atoms with E-state index in [1.807, 2.05) is 0 Å². The molecule has 2 heterocycles. The summed E-state index contributed by atoms with van der Waals surface area (Å²) in [7, 11) is 0. The second kappa shape index (κ2) is 9.15. The second-order valence-electron chi connectivity index (χ2n) is 10.3. The van der Waals surface area contributed by atoms with E-state index in [-0.39, 0.29) is 24.8 Å². The van der Waals surface area contributed by atoms with Crippen molar-refractivity contribution >= 4 is 29.0 Å². The summed E-state index contributed by atoms with van der Waals surface area (Å²) < 4.78 is 7.00. The number of aromatic nitrogens is 2. The van der Waals surface area contributed by atoms with Crippen molar-refractivity contribution in [2.45, 2.75) is 77.1 Å². The Bertz CT molecular complexity index is 1140. The van der Waals surface area contributed by atoms with E-state index in [2.05, 4.69) is 10.3 Å². The molecule has 1 aliphatic carbocycles. The van der Waals surface area contributed by atoms with Crippen LogP contribution in [-0.4, -0.2) is 62.3 Å². The highest BCUT2D eigenvalue weighted by atomic mass is 16.6. The van der Waals surface area contributed by atoms with Gasteiger partial charge in [-0.1, -0.05) is 32.9 Å². The SMILES string of the molecule is CC(C)(C)[C@H](NC(=O)OC1CCCC1)C(=O)N1C[C@H](n2c(=O)[nH]c3ccccc32)CC1C(=O)O. The number of aliphatic carboxylic acids is 1. The van der Waals surface area contributed by atoms with E-state index in [9.17, 15) is 24.3 Å². The fourth-order valence-corrected chi connectivity index (χ4v) is 5.04. The first kappa shape index (κ1) is 23.8. The number of carboxylic acid groups (broad SMARTS) is 1. The fraction of sp³-hybridized carbons (Fsp3) is 0.583. The number of fused-ring (bicyclic) bond motifs is 1. The quantitative estimate of drug-likeness (QED) is 0.613. The molecule has 2 aliphatic rings. The molecule has 10 nitrogen and oxygen atoms in total. The van der Waals surface area contributed by atoms with Gasteiger partial charge in [-0.2, -0.15) is 0 Å². The van der Waals surface area contributed by atoms with Crippen LogP contribution in [0.4, 0.5) is 4.79 Å². The molecule has 4 rings (SSSR count). The van der Waals surface area contributed by atoms with Crippen LogP contribution in [0.2, 0.25) is 0 Å². The van der Waals surface area contributed by atoms with Crippen molar-refractivity contribution in [1.29, 1.82) is 0 Å². The van der Waals surface area contributed by atoms with E-state index in [0.717, 1.165) is 25.7 Å². The van der Waals surface area contributed by atoms with Crippen LogP contribution < -0.4 is 11.0 Å². The minimum absolute atomic E-state index is 0.0451. The molecule has 1 unspecified atom stereocenters. The van der Waals surface area contributed by atoms with Gasteiger partial charge in [0, 0.05) is 13.0 Å². The van der Waals surface area contributed by atoms with Crippen molar-refractivity contribution in [2.24, 2.45) is 5.41 Å². The number of nitrogens with zero attached hydrogens (tertiary/aromatic N) is 2. The third kappa shape index (κ3) is 4.67. The molecule has 10 heteroatoms. The number of likely N-dealkylation sites (tertiary alicyclic amines) is 1. The summed E-state index contributed by atoms with van der Waals surface area (Å²) in [6, 6.07) is 4.55. The van der Waals surface area contributed by atoms with Crippen molar-refractivity contribution in [2.75, 3.05) is 6.54 Å². The van der Waals surface area contributed by atoms with Crippen molar-refractivity contribution in [3.63, 3.8) is 0 Å². The molecule has 2 fully saturated rings. The lowest BCUT2D eigenvalue weighted by Crippen LogP contribution is -2.57. The molecule has 1 saturated carbocycles. The van der Waals surface area contributed by atoms with Crippen molar-refractivity contribution in [3.8, 4) is 0 Å². The number of ether oxygens (including phenoxy) is 1. The number of amides is 2. The first-order chi connectivity index (χ1) is 16.1. The second-order valence-corrected chi connectivity index (χ2v) is 10.3. The number of alkyl carbamates (subject to hydrolysis) is 1. The van der Waals surface area contributed by atoms with Crippen LogP contribution in [0.1, 0.15) is 58.9 Å². The first-order valence-electron chi connectivity index (χ1n) is 11.8. The number of carbonyl (C=O) groups is 3. The highest BCUT2D eigenvalue weighted by molar-refractivity contribution is 5.90. The van der Waals surface area contributed by atoms with E-state index in [1.165, 1.54) is 9.47 Å². The van der Waals surface area contributed by atoms with Gasteiger partial charge < -0.3 is 25.0 Å². The van der Waals surface area contributed by atoms with E-state index in [0.29, 0.717) is 11.0 Å². The zero-order chi connectivity index (χ0) is 24.6. The lowest BCUT2D eigenvalue weighted by atomic mass is 9.85. The summed E-state index contributed by atoms with van der Waals surface area (Å²) in [4.78, 5) is 55.0. The Kier molecular flexibility index (Phi) is 6.42. The number of para-hydroxylation sites is 2. The maximum atomic E-state index is 13.6. The van der Waals surface area contributed by atoms with Crippen LogP contribution in [0.15, 0.2) is 29.1 Å². The van der Waals surface area contributed by atoms with Gasteiger partial charge in [0.1, 0.15) is 18.2 Å². The summed E-state index contributed by atoms with van der Waals surface area (Å²) in [6.07, 6.45) is 2.87. The van der Waals surface area contributed by atoms with Gasteiger partial charge in [0.05, 0.1) is 17.1 Å². The van der Waals surface area contributed by atoms with Crippen molar-refractivity contribution in [1.82, 2.24) is 19.8 Å². The Balaban J connectivity index is 1.58.